The van der Waals surface area contributed by atoms with Gasteiger partial charge in [0.05, 0.1) is 0 Å². The molecule has 4 nitrogen and oxygen atoms in total. The molecule has 0 atom stereocenters. The van der Waals surface area contributed by atoms with E-state index in [-0.39, 0.29) is 3.78 Å². The van der Waals surface area contributed by atoms with E-state index >= 15 is 0 Å². The van der Waals surface area contributed by atoms with Crippen molar-refractivity contribution < 1.29 is 0 Å². The van der Waals surface area contributed by atoms with Crippen LogP contribution in [0.4, 0.5) is 0 Å². The third kappa shape index (κ3) is 4.36. The van der Waals surface area contributed by atoms with E-state index in [1.807, 2.05) is 0 Å². The molecule has 0 aliphatic rings. The molecule has 0 saturated carbocycles. The van der Waals surface area contributed by atoms with Gasteiger partial charge in [0, 0.05) is 24.8 Å². The van der Waals surface area contributed by atoms with Gasteiger partial charge in [-0.15, -0.1) is 0 Å². The predicted octanol–water partition coefficient (Wildman–Crippen LogP) is 2.65. The van der Waals surface area contributed by atoms with Gasteiger partial charge in [-0.25, -0.2) is 9.97 Å². The van der Waals surface area contributed by atoms with Crippen LogP contribution in [-0.4, -0.2) is 28.6 Å². The third-order valence-corrected chi connectivity index (χ3v) is 1.81. The highest BCUT2D eigenvalue weighted by atomic mass is 35.5. The van der Waals surface area contributed by atoms with E-state index in [0.29, 0.717) is 16.5 Å². The minimum absolute atomic E-state index is 0.0556. The molecule has 0 aromatic carbocycles. The predicted molar refractivity (Wildman–Crippen MR) is 72.3 cm³/mol. The van der Waals surface area contributed by atoms with E-state index in [2.05, 4.69) is 32.2 Å². The van der Waals surface area contributed by atoms with Gasteiger partial charge in [0.1, 0.15) is 4.86 Å². The van der Waals surface area contributed by atoms with Gasteiger partial charge >= 0.3 is 0 Å². The fraction of sp³-hybridized carbons (Fsp3) is 0. The molecule has 0 radical (unpaired) electrons. The molecule has 0 spiro atoms. The van der Waals surface area contributed by atoms with Crippen molar-refractivity contribution in [3.05, 3.63) is 36.4 Å². The summed E-state index contributed by atoms with van der Waals surface area (Å²) in [5, 5.41) is 0. The lowest BCUT2D eigenvalue weighted by Gasteiger charge is -1.93. The van der Waals surface area contributed by atoms with Gasteiger partial charge in [0.2, 0.25) is 0 Å². The Labute approximate surface area is 112 Å². The van der Waals surface area contributed by atoms with Crippen molar-refractivity contribution in [1.82, 2.24) is 19.9 Å². The minimum Gasteiger partial charge on any atom is -0.344 e. The van der Waals surface area contributed by atoms with Crippen LogP contribution in [-0.2, 0) is 0 Å². The highest BCUT2D eigenvalue weighted by Crippen LogP contribution is 2.00. The molecule has 2 N–H and O–H groups in total. The second-order valence-electron chi connectivity index (χ2n) is 2.43. The van der Waals surface area contributed by atoms with Gasteiger partial charge in [0.15, 0.2) is 15.4 Å². The van der Waals surface area contributed by atoms with E-state index in [9.17, 15) is 0 Å². The van der Waals surface area contributed by atoms with Crippen LogP contribution in [0.3, 0.4) is 0 Å². The Balaban J connectivity index is 0.000000280. The zero-order valence-electron chi connectivity index (χ0n) is 7.78. The highest BCUT2D eigenvalue weighted by molar-refractivity contribution is 7.86. The number of rotatable bonds is 2. The summed E-state index contributed by atoms with van der Waals surface area (Å²) in [6.45, 7) is 0. The molecule has 0 aliphatic heterocycles. The fourth-order valence-electron chi connectivity index (χ4n) is 0.891. The molecule has 84 valence electrons. The first-order valence-electron chi connectivity index (χ1n) is 3.99. The summed E-state index contributed by atoms with van der Waals surface area (Å²) in [6.07, 6.45) is 6.77. The van der Waals surface area contributed by atoms with Crippen molar-refractivity contribution in [3.63, 3.8) is 0 Å². The Morgan fingerprint density at radius 3 is 1.62 bits per heavy atom. The molecule has 16 heavy (non-hydrogen) atoms. The number of nitrogens with zero attached hydrogens (tertiary/aromatic N) is 2. The van der Waals surface area contributed by atoms with Crippen molar-refractivity contribution in [2.45, 2.75) is 0 Å². The van der Waals surface area contributed by atoms with Crippen LogP contribution in [0, 0.1) is 0 Å². The molecule has 0 amide bonds. The molecular formula is C8H6Cl2N4S2. The first-order valence-corrected chi connectivity index (χ1v) is 5.57. The van der Waals surface area contributed by atoms with Gasteiger partial charge in [-0.05, 0) is 0 Å². The van der Waals surface area contributed by atoms with Crippen LogP contribution in [0.1, 0.15) is 11.6 Å². The van der Waals surface area contributed by atoms with E-state index in [1.54, 1.807) is 24.8 Å². The van der Waals surface area contributed by atoms with Crippen LogP contribution >= 0.6 is 47.6 Å². The van der Waals surface area contributed by atoms with E-state index < -0.39 is 0 Å². The van der Waals surface area contributed by atoms with Crippen LogP contribution in [0.25, 0.3) is 0 Å². The molecule has 0 bridgehead atoms. The van der Waals surface area contributed by atoms with Crippen LogP contribution in [0.2, 0.25) is 0 Å². The molecule has 0 unspecified atom stereocenters. The molecule has 8 heteroatoms. The number of imidazole rings is 2. The Hall–Kier alpha value is -0.820. The van der Waals surface area contributed by atoms with Gasteiger partial charge in [-0.2, -0.15) is 0 Å². The lowest BCUT2D eigenvalue weighted by molar-refractivity contribution is 1.22. The maximum atomic E-state index is 5.11. The third-order valence-electron chi connectivity index (χ3n) is 1.43. The van der Waals surface area contributed by atoms with Gasteiger partial charge in [-0.1, -0.05) is 47.6 Å². The summed E-state index contributed by atoms with van der Waals surface area (Å²) in [6, 6.07) is 0. The summed E-state index contributed by atoms with van der Waals surface area (Å²) in [5.41, 5.74) is 0. The second kappa shape index (κ2) is 6.70. The van der Waals surface area contributed by atoms with E-state index in [0.717, 1.165) is 0 Å². The smallest absolute Gasteiger partial charge is 0.169 e. The minimum atomic E-state index is -0.0556. The summed E-state index contributed by atoms with van der Waals surface area (Å²) >= 11 is 18.7. The summed E-state index contributed by atoms with van der Waals surface area (Å²) in [7, 11) is 0. The first kappa shape index (κ1) is 13.2. The van der Waals surface area contributed by atoms with Crippen molar-refractivity contribution in [1.29, 1.82) is 0 Å². The Bertz CT molecular complexity index is 412. The van der Waals surface area contributed by atoms with Crippen LogP contribution in [0.5, 0.6) is 0 Å². The molecule has 2 rings (SSSR count). The number of hydrogen-bond acceptors (Lipinski definition) is 4. The number of hydrogen-bond donors (Lipinski definition) is 2. The Morgan fingerprint density at radius 1 is 1.00 bits per heavy atom. The molecule has 0 saturated heterocycles. The average Bonchev–Trinajstić information content (AvgIpc) is 2.90. The zero-order valence-corrected chi connectivity index (χ0v) is 10.9. The Morgan fingerprint density at radius 2 is 1.38 bits per heavy atom. The number of aromatic amines is 2. The monoisotopic (exact) mass is 292 g/mol. The molecule has 2 aromatic heterocycles. The number of aromatic nitrogens is 4. The second-order valence-corrected chi connectivity index (χ2v) is 4.64. The van der Waals surface area contributed by atoms with Crippen molar-refractivity contribution in [3.8, 4) is 0 Å². The van der Waals surface area contributed by atoms with Crippen LogP contribution in [0.15, 0.2) is 24.8 Å². The molecule has 0 aliphatic carbocycles. The number of H-pyrrole nitrogens is 2. The summed E-state index contributed by atoms with van der Waals surface area (Å²) in [4.78, 5) is 14.5. The number of thiocarbonyl (C=S) groups is 2. The van der Waals surface area contributed by atoms with Crippen LogP contribution < -0.4 is 0 Å². The SMILES string of the molecule is S=C(Cl)Cl.S=C(c1ncc[nH]1)c1ncc[nH]1. The largest absolute Gasteiger partial charge is 0.344 e. The summed E-state index contributed by atoms with van der Waals surface area (Å²) < 4.78 is -0.0556. The number of halogens is 2. The Kier molecular flexibility index (Phi) is 5.54. The quantitative estimate of drug-likeness (QED) is 0.508. The zero-order chi connectivity index (χ0) is 12.0. The van der Waals surface area contributed by atoms with Crippen molar-refractivity contribution >= 4 is 56.3 Å². The number of nitrogens with one attached hydrogen (secondary N) is 2. The van der Waals surface area contributed by atoms with Gasteiger partial charge in [0.25, 0.3) is 0 Å². The standard InChI is InChI=1S/C7H6N4S.CCl2S/c12-5(6-8-1-2-9-6)7-10-3-4-11-7;2-1(3)4/h1-4H,(H,8,9)(H,10,11);. The average molecular weight is 293 g/mol. The molecular weight excluding hydrogens is 287 g/mol. The first-order chi connectivity index (χ1) is 7.61. The van der Waals surface area contributed by atoms with E-state index in [1.165, 1.54) is 0 Å². The topological polar surface area (TPSA) is 57.4 Å². The van der Waals surface area contributed by atoms with Gasteiger partial charge in [-0.3, -0.25) is 0 Å². The molecule has 0 fully saturated rings. The lowest BCUT2D eigenvalue weighted by Crippen LogP contribution is -2.03. The summed E-state index contributed by atoms with van der Waals surface area (Å²) in [5.74, 6) is 1.33. The highest BCUT2D eigenvalue weighted by Gasteiger charge is 2.07. The maximum absolute atomic E-state index is 5.11. The van der Waals surface area contributed by atoms with Gasteiger partial charge < -0.3 is 9.97 Å². The molecule has 2 heterocycles. The van der Waals surface area contributed by atoms with E-state index in [4.69, 9.17) is 35.4 Å². The maximum Gasteiger partial charge on any atom is 0.169 e. The van der Waals surface area contributed by atoms with Crippen molar-refractivity contribution in [2.24, 2.45) is 0 Å². The lowest BCUT2D eigenvalue weighted by atomic mass is 10.4. The molecule has 2 aromatic rings. The normalized spacial score (nSPS) is 9.12. The fourth-order valence-corrected chi connectivity index (χ4v) is 1.11. The van der Waals surface area contributed by atoms with Crippen molar-refractivity contribution in [2.75, 3.05) is 0 Å².